The largest absolute Gasteiger partial charge is 0.370 e. The van der Waals surface area contributed by atoms with E-state index in [-0.39, 0.29) is 6.04 Å². The van der Waals surface area contributed by atoms with Crippen molar-refractivity contribution in [2.75, 3.05) is 11.9 Å². The third-order valence-corrected chi connectivity index (χ3v) is 3.59. The van der Waals surface area contributed by atoms with Gasteiger partial charge in [-0.25, -0.2) is 9.67 Å². The molecule has 1 aliphatic heterocycles. The summed E-state index contributed by atoms with van der Waals surface area (Å²) in [4.78, 5) is 4.33. The molecule has 4 heterocycles. The highest BCUT2D eigenvalue weighted by molar-refractivity contribution is 5.87. The van der Waals surface area contributed by atoms with E-state index in [1.54, 1.807) is 6.20 Å². The van der Waals surface area contributed by atoms with Gasteiger partial charge in [-0.3, -0.25) is 4.68 Å². The Balaban J connectivity index is 1.90. The molecule has 19 heavy (non-hydrogen) atoms. The Kier molecular flexibility index (Phi) is 2.11. The SMILES string of the molecule is Cn1cc(C2CCNc3c4cccnc4nn32)cn1. The maximum Gasteiger partial charge on any atom is 0.183 e. The number of nitrogens with one attached hydrogen (secondary N) is 1. The molecule has 1 aliphatic rings. The molecule has 0 saturated carbocycles. The van der Waals surface area contributed by atoms with E-state index in [0.29, 0.717) is 0 Å². The van der Waals surface area contributed by atoms with Crippen molar-refractivity contribution >= 4 is 16.9 Å². The third-order valence-electron chi connectivity index (χ3n) is 3.59. The van der Waals surface area contributed by atoms with E-state index < -0.39 is 0 Å². The van der Waals surface area contributed by atoms with Gasteiger partial charge in [-0.2, -0.15) is 5.10 Å². The van der Waals surface area contributed by atoms with Crippen LogP contribution in [0.2, 0.25) is 0 Å². The van der Waals surface area contributed by atoms with Gasteiger partial charge in [-0.1, -0.05) is 0 Å². The molecule has 4 rings (SSSR count). The molecule has 1 N–H and O–H groups in total. The first-order valence-corrected chi connectivity index (χ1v) is 6.38. The number of fused-ring (bicyclic) bond motifs is 3. The minimum atomic E-state index is 0.235. The van der Waals surface area contributed by atoms with Crippen LogP contribution >= 0.6 is 0 Å². The van der Waals surface area contributed by atoms with Gasteiger partial charge in [0.15, 0.2) is 5.65 Å². The van der Waals surface area contributed by atoms with Crippen LogP contribution in [0.4, 0.5) is 5.82 Å². The lowest BCUT2D eigenvalue weighted by atomic mass is 10.1. The van der Waals surface area contributed by atoms with Gasteiger partial charge in [0.2, 0.25) is 0 Å². The molecule has 0 saturated heterocycles. The number of nitrogens with zero attached hydrogens (tertiary/aromatic N) is 5. The van der Waals surface area contributed by atoms with Gasteiger partial charge < -0.3 is 5.32 Å². The van der Waals surface area contributed by atoms with Crippen molar-refractivity contribution in [3.63, 3.8) is 0 Å². The van der Waals surface area contributed by atoms with Crippen molar-refractivity contribution in [3.05, 3.63) is 36.3 Å². The predicted octanol–water partition coefficient (Wildman–Crippen LogP) is 1.57. The molecule has 1 unspecified atom stereocenters. The highest BCUT2D eigenvalue weighted by atomic mass is 15.4. The molecule has 6 heteroatoms. The third kappa shape index (κ3) is 1.53. The second-order valence-corrected chi connectivity index (χ2v) is 4.85. The zero-order valence-corrected chi connectivity index (χ0v) is 10.6. The summed E-state index contributed by atoms with van der Waals surface area (Å²) in [5.41, 5.74) is 1.99. The zero-order chi connectivity index (χ0) is 12.8. The fourth-order valence-electron chi connectivity index (χ4n) is 2.71. The average molecular weight is 254 g/mol. The number of hydrogen-bond acceptors (Lipinski definition) is 4. The molecule has 3 aromatic heterocycles. The summed E-state index contributed by atoms with van der Waals surface area (Å²) in [6.07, 6.45) is 6.76. The number of aromatic nitrogens is 5. The standard InChI is InChI=1S/C13H14N6/c1-18-8-9(7-16-18)11-4-6-15-13-10-3-2-5-14-12(10)17-19(11)13/h2-3,5,7-8,11,15H,4,6H2,1H3. The van der Waals surface area contributed by atoms with E-state index in [4.69, 9.17) is 0 Å². The Morgan fingerprint density at radius 1 is 1.42 bits per heavy atom. The van der Waals surface area contributed by atoms with Crippen molar-refractivity contribution in [2.24, 2.45) is 7.05 Å². The van der Waals surface area contributed by atoms with Crippen LogP contribution in [0.1, 0.15) is 18.0 Å². The fourth-order valence-corrected chi connectivity index (χ4v) is 2.71. The maximum atomic E-state index is 4.63. The first-order valence-electron chi connectivity index (χ1n) is 6.38. The first kappa shape index (κ1) is 10.5. The fraction of sp³-hybridized carbons (Fsp3) is 0.308. The van der Waals surface area contributed by atoms with E-state index in [2.05, 4.69) is 32.8 Å². The number of hydrogen-bond donors (Lipinski definition) is 1. The number of anilines is 1. The first-order chi connectivity index (χ1) is 9.33. The second kappa shape index (κ2) is 3.81. The van der Waals surface area contributed by atoms with Gasteiger partial charge in [-0.15, -0.1) is 5.10 Å². The minimum Gasteiger partial charge on any atom is -0.370 e. The molecular weight excluding hydrogens is 240 g/mol. The quantitative estimate of drug-likeness (QED) is 0.716. The van der Waals surface area contributed by atoms with Gasteiger partial charge in [0.05, 0.1) is 17.6 Å². The lowest BCUT2D eigenvalue weighted by molar-refractivity contribution is 0.484. The van der Waals surface area contributed by atoms with Gasteiger partial charge >= 0.3 is 0 Å². The average Bonchev–Trinajstić information content (AvgIpc) is 3.02. The summed E-state index contributed by atoms with van der Waals surface area (Å²) in [5.74, 6) is 1.06. The monoisotopic (exact) mass is 254 g/mol. The summed E-state index contributed by atoms with van der Waals surface area (Å²) >= 11 is 0. The summed E-state index contributed by atoms with van der Waals surface area (Å²) in [6.45, 7) is 0.940. The summed E-state index contributed by atoms with van der Waals surface area (Å²) in [5, 5.41) is 13.4. The molecule has 0 bridgehead atoms. The number of pyridine rings is 1. The highest BCUT2D eigenvalue weighted by Crippen LogP contribution is 2.33. The normalized spacial score (nSPS) is 18.3. The Hall–Kier alpha value is -2.37. The van der Waals surface area contributed by atoms with Gasteiger partial charge in [0.1, 0.15) is 5.82 Å². The van der Waals surface area contributed by atoms with Crippen LogP contribution < -0.4 is 5.32 Å². The van der Waals surface area contributed by atoms with E-state index in [1.807, 2.05) is 28.7 Å². The Morgan fingerprint density at radius 2 is 2.37 bits per heavy atom. The Morgan fingerprint density at radius 3 is 3.21 bits per heavy atom. The lowest BCUT2D eigenvalue weighted by Crippen LogP contribution is -2.24. The van der Waals surface area contributed by atoms with Gasteiger partial charge in [0.25, 0.3) is 0 Å². The van der Waals surface area contributed by atoms with Crippen LogP contribution in [0.25, 0.3) is 11.0 Å². The van der Waals surface area contributed by atoms with Crippen molar-refractivity contribution in [2.45, 2.75) is 12.5 Å². The van der Waals surface area contributed by atoms with Crippen LogP contribution in [0.3, 0.4) is 0 Å². The van der Waals surface area contributed by atoms with Crippen LogP contribution in [-0.2, 0) is 7.05 Å². The topological polar surface area (TPSA) is 60.6 Å². The lowest BCUT2D eigenvalue weighted by Gasteiger charge is -2.24. The molecule has 6 nitrogen and oxygen atoms in total. The van der Waals surface area contributed by atoms with Gasteiger partial charge in [-0.05, 0) is 18.6 Å². The molecule has 96 valence electrons. The van der Waals surface area contributed by atoms with E-state index in [9.17, 15) is 0 Å². The molecule has 0 fully saturated rings. The number of rotatable bonds is 1. The van der Waals surface area contributed by atoms with Crippen LogP contribution in [0.5, 0.6) is 0 Å². The van der Waals surface area contributed by atoms with E-state index in [1.165, 1.54) is 5.56 Å². The molecule has 0 spiro atoms. The summed E-state index contributed by atoms with van der Waals surface area (Å²) in [7, 11) is 1.94. The molecule has 0 aromatic carbocycles. The second-order valence-electron chi connectivity index (χ2n) is 4.85. The molecule has 1 atom stereocenters. The van der Waals surface area contributed by atoms with E-state index >= 15 is 0 Å². The summed E-state index contributed by atoms with van der Waals surface area (Å²) < 4.78 is 3.87. The van der Waals surface area contributed by atoms with Crippen LogP contribution in [0, 0.1) is 0 Å². The Labute approximate surface area is 110 Å². The highest BCUT2D eigenvalue weighted by Gasteiger charge is 2.25. The molecular formula is C13H14N6. The Bertz CT molecular complexity index is 741. The molecule has 0 amide bonds. The minimum absolute atomic E-state index is 0.235. The molecule has 0 aliphatic carbocycles. The molecule has 0 radical (unpaired) electrons. The number of aryl methyl sites for hydroxylation is 1. The van der Waals surface area contributed by atoms with Crippen LogP contribution in [0.15, 0.2) is 30.7 Å². The van der Waals surface area contributed by atoms with Crippen molar-refractivity contribution in [3.8, 4) is 0 Å². The van der Waals surface area contributed by atoms with Crippen molar-refractivity contribution in [1.82, 2.24) is 24.5 Å². The zero-order valence-electron chi connectivity index (χ0n) is 10.6. The van der Waals surface area contributed by atoms with Crippen LogP contribution in [-0.4, -0.2) is 31.1 Å². The maximum absolute atomic E-state index is 4.63. The predicted molar refractivity (Wildman–Crippen MR) is 72.0 cm³/mol. The molecule has 3 aromatic rings. The van der Waals surface area contributed by atoms with E-state index in [0.717, 1.165) is 29.8 Å². The van der Waals surface area contributed by atoms with Crippen molar-refractivity contribution in [1.29, 1.82) is 0 Å². The summed E-state index contributed by atoms with van der Waals surface area (Å²) in [6, 6.07) is 4.24. The smallest absolute Gasteiger partial charge is 0.183 e. The van der Waals surface area contributed by atoms with Crippen molar-refractivity contribution < 1.29 is 0 Å². The van der Waals surface area contributed by atoms with Gasteiger partial charge in [0, 0.05) is 31.5 Å².